The minimum atomic E-state index is 0.823. The summed E-state index contributed by atoms with van der Waals surface area (Å²) in [5, 5.41) is 0. The van der Waals surface area contributed by atoms with Gasteiger partial charge in [0.1, 0.15) is 11.5 Å². The Morgan fingerprint density at radius 1 is 1.27 bits per heavy atom. The van der Waals surface area contributed by atoms with Crippen LogP contribution in [0.3, 0.4) is 0 Å². The zero-order valence-corrected chi connectivity index (χ0v) is 12.9. The summed E-state index contributed by atoms with van der Waals surface area (Å²) >= 11 is 0. The number of ether oxygens (including phenoxy) is 1. The molecule has 4 heteroatoms. The first-order valence-corrected chi connectivity index (χ1v) is 7.67. The molecule has 0 radical (unpaired) electrons. The van der Waals surface area contributed by atoms with Gasteiger partial charge in [-0.05, 0) is 49.4 Å². The highest BCUT2D eigenvalue weighted by Crippen LogP contribution is 2.34. The van der Waals surface area contributed by atoms with Crippen molar-refractivity contribution in [2.45, 2.75) is 26.2 Å². The number of methoxy groups -OCH3 is 1. The highest BCUT2D eigenvalue weighted by atomic mass is 16.5. The van der Waals surface area contributed by atoms with Gasteiger partial charge in [0.15, 0.2) is 0 Å². The van der Waals surface area contributed by atoms with Crippen molar-refractivity contribution in [2.75, 3.05) is 7.11 Å². The largest absolute Gasteiger partial charge is 0.494 e. The summed E-state index contributed by atoms with van der Waals surface area (Å²) < 4.78 is 5.55. The average molecular weight is 293 g/mol. The first-order chi connectivity index (χ1) is 10.8. The molecule has 2 N–H and O–H groups in total. The van der Waals surface area contributed by atoms with Gasteiger partial charge in [0.05, 0.1) is 18.5 Å². The normalized spacial score (nSPS) is 19.0. The highest BCUT2D eigenvalue weighted by Gasteiger charge is 2.23. The molecule has 0 atom stereocenters. The summed E-state index contributed by atoms with van der Waals surface area (Å²) in [6.07, 6.45) is 9.62. The maximum Gasteiger partial charge on any atom is 0.147 e. The van der Waals surface area contributed by atoms with E-state index in [1.165, 1.54) is 29.7 Å². The predicted molar refractivity (Wildman–Crippen MR) is 87.8 cm³/mol. The van der Waals surface area contributed by atoms with Crippen molar-refractivity contribution in [1.82, 2.24) is 9.97 Å². The fourth-order valence-corrected chi connectivity index (χ4v) is 3.36. The number of H-pyrrole nitrogens is 2. The van der Waals surface area contributed by atoms with Crippen molar-refractivity contribution < 1.29 is 4.74 Å². The van der Waals surface area contributed by atoms with Crippen LogP contribution in [0, 0.1) is 0 Å². The standard InChI is InChI=1S/C18H19N3O/c1-11(17-13-6-3-5-12(13)10-20-17)18-16(22-2)9-15(21-18)14-7-4-8-19-14/h4,7-10,19-20H,3,5-6H2,1-2H3. The Morgan fingerprint density at radius 2 is 2.18 bits per heavy atom. The number of hydrogen-bond acceptors (Lipinski definition) is 2. The van der Waals surface area contributed by atoms with Crippen LogP contribution in [-0.2, 0) is 17.6 Å². The van der Waals surface area contributed by atoms with Gasteiger partial charge in [0.25, 0.3) is 0 Å². The smallest absolute Gasteiger partial charge is 0.147 e. The van der Waals surface area contributed by atoms with E-state index in [9.17, 15) is 0 Å². The topological polar surface area (TPSA) is 53.2 Å². The van der Waals surface area contributed by atoms with Crippen molar-refractivity contribution in [3.63, 3.8) is 0 Å². The minimum Gasteiger partial charge on any atom is -0.494 e. The summed E-state index contributed by atoms with van der Waals surface area (Å²) in [4.78, 5) is 11.4. The molecule has 0 unspecified atom stereocenters. The number of aromatic amines is 2. The molecule has 4 rings (SSSR count). The summed E-state index contributed by atoms with van der Waals surface area (Å²) in [6.45, 7) is 2.12. The molecule has 22 heavy (non-hydrogen) atoms. The van der Waals surface area contributed by atoms with Gasteiger partial charge in [-0.25, -0.2) is 4.99 Å². The molecule has 0 aromatic carbocycles. The number of aliphatic imine (C=N–C) groups is 1. The van der Waals surface area contributed by atoms with E-state index in [2.05, 4.69) is 23.1 Å². The Hall–Kier alpha value is -2.49. The van der Waals surface area contributed by atoms with Gasteiger partial charge < -0.3 is 14.7 Å². The zero-order chi connectivity index (χ0) is 15.1. The molecule has 0 spiro atoms. The Bertz CT molecular complexity index is 804. The third-order valence-electron chi connectivity index (χ3n) is 4.51. The first-order valence-electron chi connectivity index (χ1n) is 7.67. The number of allylic oxidation sites excluding steroid dienone is 2. The third-order valence-corrected chi connectivity index (χ3v) is 4.51. The van der Waals surface area contributed by atoms with Gasteiger partial charge >= 0.3 is 0 Å². The van der Waals surface area contributed by atoms with E-state index < -0.39 is 0 Å². The second-order valence-electron chi connectivity index (χ2n) is 5.79. The fraction of sp³-hybridized carbons (Fsp3) is 0.278. The van der Waals surface area contributed by atoms with Gasteiger partial charge in [0, 0.05) is 29.7 Å². The van der Waals surface area contributed by atoms with Gasteiger partial charge in [-0.2, -0.15) is 0 Å². The zero-order valence-electron chi connectivity index (χ0n) is 12.9. The summed E-state index contributed by atoms with van der Waals surface area (Å²) in [5.74, 6) is 0.823. The molecule has 1 aliphatic heterocycles. The third kappa shape index (κ3) is 1.95. The molecule has 2 aliphatic rings. The van der Waals surface area contributed by atoms with Crippen molar-refractivity contribution in [1.29, 1.82) is 0 Å². The molecule has 1 aliphatic carbocycles. The molecule has 0 bridgehead atoms. The highest BCUT2D eigenvalue weighted by molar-refractivity contribution is 6.11. The van der Waals surface area contributed by atoms with E-state index in [0.717, 1.165) is 34.9 Å². The lowest BCUT2D eigenvalue weighted by molar-refractivity contribution is 0.302. The minimum absolute atomic E-state index is 0.823. The number of nitrogens with zero attached hydrogens (tertiary/aromatic N) is 1. The van der Waals surface area contributed by atoms with Crippen LogP contribution in [0.15, 0.2) is 47.1 Å². The first kappa shape index (κ1) is 13.2. The Kier molecular flexibility index (Phi) is 3.03. The lowest BCUT2D eigenvalue weighted by Gasteiger charge is -2.08. The fourth-order valence-electron chi connectivity index (χ4n) is 3.36. The van der Waals surface area contributed by atoms with Gasteiger partial charge in [-0.15, -0.1) is 0 Å². The van der Waals surface area contributed by atoms with Crippen LogP contribution in [0.25, 0.3) is 5.57 Å². The summed E-state index contributed by atoms with van der Waals surface area (Å²) in [5.41, 5.74) is 8.10. The van der Waals surface area contributed by atoms with Crippen LogP contribution < -0.4 is 0 Å². The van der Waals surface area contributed by atoms with Gasteiger partial charge in [-0.3, -0.25) is 0 Å². The number of hydrogen-bond donors (Lipinski definition) is 2. The molecule has 0 amide bonds. The van der Waals surface area contributed by atoms with Crippen molar-refractivity contribution in [3.8, 4) is 0 Å². The van der Waals surface area contributed by atoms with E-state index in [0.29, 0.717) is 0 Å². The Labute approximate surface area is 129 Å². The SMILES string of the molecule is COC1=CC(c2ccc[nH]2)=NC1=C(C)c1[nH]cc2c1CCC2. The summed E-state index contributed by atoms with van der Waals surface area (Å²) in [7, 11) is 1.70. The average Bonchev–Trinajstić information content (AvgIpc) is 3.27. The molecule has 3 heterocycles. The van der Waals surface area contributed by atoms with Crippen LogP contribution in [0.2, 0.25) is 0 Å². The molecular weight excluding hydrogens is 274 g/mol. The van der Waals surface area contributed by atoms with E-state index in [4.69, 9.17) is 9.73 Å². The molecule has 4 nitrogen and oxygen atoms in total. The quantitative estimate of drug-likeness (QED) is 0.892. The second-order valence-corrected chi connectivity index (χ2v) is 5.79. The second kappa shape index (κ2) is 5.05. The Morgan fingerprint density at radius 3 is 2.95 bits per heavy atom. The molecule has 0 saturated carbocycles. The molecule has 0 fully saturated rings. The molecular formula is C18H19N3O. The molecule has 2 aromatic rings. The molecule has 0 saturated heterocycles. The van der Waals surface area contributed by atoms with Crippen LogP contribution in [0.1, 0.15) is 35.9 Å². The maximum atomic E-state index is 5.55. The predicted octanol–water partition coefficient (Wildman–Crippen LogP) is 3.60. The van der Waals surface area contributed by atoms with E-state index in [1.54, 1.807) is 7.11 Å². The van der Waals surface area contributed by atoms with E-state index >= 15 is 0 Å². The van der Waals surface area contributed by atoms with Gasteiger partial charge in [-0.1, -0.05) is 0 Å². The lowest BCUT2D eigenvalue weighted by atomic mass is 10.1. The number of nitrogens with one attached hydrogen (secondary N) is 2. The van der Waals surface area contributed by atoms with E-state index in [1.807, 2.05) is 24.4 Å². The maximum absolute atomic E-state index is 5.55. The van der Waals surface area contributed by atoms with E-state index in [-0.39, 0.29) is 0 Å². The number of rotatable bonds is 3. The van der Waals surface area contributed by atoms with Crippen molar-refractivity contribution >= 4 is 11.3 Å². The van der Waals surface area contributed by atoms with Crippen LogP contribution >= 0.6 is 0 Å². The molecule has 112 valence electrons. The monoisotopic (exact) mass is 293 g/mol. The van der Waals surface area contributed by atoms with Crippen LogP contribution in [0.5, 0.6) is 0 Å². The number of fused-ring (bicyclic) bond motifs is 1. The number of aryl methyl sites for hydroxylation is 1. The van der Waals surface area contributed by atoms with Crippen LogP contribution in [0.4, 0.5) is 0 Å². The summed E-state index contributed by atoms with van der Waals surface area (Å²) in [6, 6.07) is 4.00. The van der Waals surface area contributed by atoms with Crippen LogP contribution in [-0.4, -0.2) is 22.8 Å². The van der Waals surface area contributed by atoms with Gasteiger partial charge in [0.2, 0.25) is 0 Å². The van der Waals surface area contributed by atoms with Crippen molar-refractivity contribution in [3.05, 3.63) is 64.6 Å². The van der Waals surface area contributed by atoms with Crippen molar-refractivity contribution in [2.24, 2.45) is 4.99 Å². The number of aromatic nitrogens is 2. The molecule has 2 aromatic heterocycles. The lowest BCUT2D eigenvalue weighted by Crippen LogP contribution is -1.94. The Balaban J connectivity index is 1.81.